The van der Waals surface area contributed by atoms with Crippen LogP contribution in [0.3, 0.4) is 0 Å². The SMILES string of the molecule is CCl.CCl.c1ccc2c(c1)-c1ccccc1-2. The highest BCUT2D eigenvalue weighted by Gasteiger charge is 2.19. The van der Waals surface area contributed by atoms with Crippen LogP contribution in [0.5, 0.6) is 0 Å². The molecule has 0 radical (unpaired) electrons. The molecule has 0 aliphatic heterocycles. The Kier molecular flexibility index (Phi) is 5.37. The summed E-state index contributed by atoms with van der Waals surface area (Å²) >= 11 is 9.28. The van der Waals surface area contributed by atoms with Gasteiger partial charge in [0.25, 0.3) is 0 Å². The van der Waals surface area contributed by atoms with E-state index in [0.717, 1.165) is 0 Å². The summed E-state index contributed by atoms with van der Waals surface area (Å²) in [6.45, 7) is 0. The van der Waals surface area contributed by atoms with Crippen molar-refractivity contribution in [3.05, 3.63) is 48.5 Å². The first-order valence-electron chi connectivity index (χ1n) is 4.91. The standard InChI is InChI=1S/C12H8.2CH3Cl/c1-2-6-10-9(5-1)11-7-3-4-8-12(10)11;2*1-2/h1-8H;2*1H3. The van der Waals surface area contributed by atoms with E-state index in [0.29, 0.717) is 0 Å². The number of rotatable bonds is 0. The van der Waals surface area contributed by atoms with Gasteiger partial charge in [0.2, 0.25) is 0 Å². The molecule has 0 saturated heterocycles. The summed E-state index contributed by atoms with van der Waals surface area (Å²) in [6, 6.07) is 17.1. The molecule has 2 heteroatoms. The fraction of sp³-hybridized carbons (Fsp3) is 0.143. The predicted octanol–water partition coefficient (Wildman–Crippen LogP) is 5.04. The van der Waals surface area contributed by atoms with Gasteiger partial charge >= 0.3 is 0 Å². The Morgan fingerprint density at radius 3 is 0.875 bits per heavy atom. The van der Waals surface area contributed by atoms with Crippen LogP contribution in [0.4, 0.5) is 0 Å². The lowest BCUT2D eigenvalue weighted by atomic mass is 9.81. The van der Waals surface area contributed by atoms with E-state index in [1.807, 2.05) is 0 Å². The van der Waals surface area contributed by atoms with Crippen molar-refractivity contribution in [2.45, 2.75) is 0 Å². The molecule has 0 fully saturated rings. The van der Waals surface area contributed by atoms with E-state index >= 15 is 0 Å². The van der Waals surface area contributed by atoms with Crippen molar-refractivity contribution in [1.82, 2.24) is 0 Å². The lowest BCUT2D eigenvalue weighted by molar-refractivity contribution is 1.52. The van der Waals surface area contributed by atoms with Crippen LogP contribution in [-0.4, -0.2) is 12.8 Å². The molecule has 0 amide bonds. The lowest BCUT2D eigenvalue weighted by Crippen LogP contribution is -1.96. The van der Waals surface area contributed by atoms with Gasteiger partial charge in [-0.3, -0.25) is 0 Å². The highest BCUT2D eigenvalue weighted by Crippen LogP contribution is 2.46. The molecule has 1 aliphatic rings. The summed E-state index contributed by atoms with van der Waals surface area (Å²) in [5.74, 6) is 0. The Morgan fingerprint density at radius 2 is 0.688 bits per heavy atom. The van der Waals surface area contributed by atoms with Crippen molar-refractivity contribution in [3.63, 3.8) is 0 Å². The molecule has 0 spiro atoms. The van der Waals surface area contributed by atoms with E-state index in [1.165, 1.54) is 35.0 Å². The molecule has 2 aromatic carbocycles. The van der Waals surface area contributed by atoms with Gasteiger partial charge in [-0.2, -0.15) is 0 Å². The minimum Gasteiger partial charge on any atom is -0.130 e. The fourth-order valence-corrected chi connectivity index (χ4v) is 1.84. The van der Waals surface area contributed by atoms with Gasteiger partial charge in [-0.15, -0.1) is 23.2 Å². The van der Waals surface area contributed by atoms with Crippen LogP contribution in [-0.2, 0) is 0 Å². The molecule has 0 bridgehead atoms. The molecular weight excluding hydrogens is 239 g/mol. The van der Waals surface area contributed by atoms with Gasteiger partial charge in [0.15, 0.2) is 0 Å². The molecule has 0 atom stereocenters. The van der Waals surface area contributed by atoms with E-state index in [1.54, 1.807) is 0 Å². The molecule has 0 saturated carbocycles. The van der Waals surface area contributed by atoms with Crippen LogP contribution in [0.1, 0.15) is 0 Å². The Hall–Kier alpha value is -0.980. The van der Waals surface area contributed by atoms with Crippen LogP contribution in [0.25, 0.3) is 22.3 Å². The molecule has 0 nitrogen and oxygen atoms in total. The van der Waals surface area contributed by atoms with Crippen molar-refractivity contribution < 1.29 is 0 Å². The predicted molar refractivity (Wildman–Crippen MR) is 74.4 cm³/mol. The molecule has 3 rings (SSSR count). The summed E-state index contributed by atoms with van der Waals surface area (Å²) in [5.41, 5.74) is 5.59. The second-order valence-electron chi connectivity index (χ2n) is 3.09. The highest BCUT2D eigenvalue weighted by molar-refractivity contribution is 6.15. The van der Waals surface area contributed by atoms with Crippen LogP contribution in [0.2, 0.25) is 0 Å². The van der Waals surface area contributed by atoms with E-state index in [-0.39, 0.29) is 0 Å². The number of fused-ring (bicyclic) bond motifs is 4. The van der Waals surface area contributed by atoms with Crippen molar-refractivity contribution in [2.24, 2.45) is 0 Å². The monoisotopic (exact) mass is 252 g/mol. The van der Waals surface area contributed by atoms with E-state index in [4.69, 9.17) is 0 Å². The summed E-state index contributed by atoms with van der Waals surface area (Å²) in [7, 11) is 0. The second kappa shape index (κ2) is 6.57. The molecule has 1 aliphatic carbocycles. The zero-order valence-electron chi connectivity index (χ0n) is 9.37. The zero-order valence-corrected chi connectivity index (χ0v) is 10.9. The van der Waals surface area contributed by atoms with Gasteiger partial charge in [0, 0.05) is 12.8 Å². The highest BCUT2D eigenvalue weighted by atomic mass is 35.5. The average molecular weight is 253 g/mol. The number of alkyl halides is 2. The van der Waals surface area contributed by atoms with Crippen molar-refractivity contribution in [3.8, 4) is 22.3 Å². The third-order valence-electron chi connectivity index (χ3n) is 2.43. The first kappa shape index (κ1) is 13.1. The maximum Gasteiger partial charge on any atom is 0.0108 e. The van der Waals surface area contributed by atoms with E-state index in [9.17, 15) is 0 Å². The van der Waals surface area contributed by atoms with Crippen molar-refractivity contribution in [1.29, 1.82) is 0 Å². The molecule has 0 unspecified atom stereocenters. The fourth-order valence-electron chi connectivity index (χ4n) is 1.84. The molecule has 0 aromatic heterocycles. The lowest BCUT2D eigenvalue weighted by Gasteiger charge is -2.22. The second-order valence-corrected chi connectivity index (χ2v) is 3.09. The Morgan fingerprint density at radius 1 is 0.500 bits per heavy atom. The largest absolute Gasteiger partial charge is 0.130 e. The molecule has 16 heavy (non-hydrogen) atoms. The Bertz CT molecular complexity index is 350. The molecule has 84 valence electrons. The quantitative estimate of drug-likeness (QED) is 0.492. The molecule has 0 heterocycles. The van der Waals surface area contributed by atoms with Gasteiger partial charge in [0.05, 0.1) is 0 Å². The van der Waals surface area contributed by atoms with Crippen LogP contribution >= 0.6 is 23.2 Å². The first-order valence-corrected chi connectivity index (χ1v) is 6.42. The molecule has 0 N–H and O–H groups in total. The number of benzene rings is 2. The number of hydrogen-bond acceptors (Lipinski definition) is 0. The van der Waals surface area contributed by atoms with Crippen LogP contribution in [0.15, 0.2) is 48.5 Å². The first-order chi connectivity index (χ1) is 7.97. The Balaban J connectivity index is 0.000000291. The topological polar surface area (TPSA) is 0 Å². The van der Waals surface area contributed by atoms with Gasteiger partial charge in [0.1, 0.15) is 0 Å². The summed E-state index contributed by atoms with van der Waals surface area (Å²) < 4.78 is 0. The third kappa shape index (κ3) is 2.23. The summed E-state index contributed by atoms with van der Waals surface area (Å²) in [4.78, 5) is 0. The third-order valence-corrected chi connectivity index (χ3v) is 2.43. The maximum atomic E-state index is 4.64. The van der Waals surface area contributed by atoms with Gasteiger partial charge < -0.3 is 0 Å². The minimum atomic E-state index is 1.40. The van der Waals surface area contributed by atoms with Crippen LogP contribution in [0, 0.1) is 0 Å². The smallest absolute Gasteiger partial charge is 0.0108 e. The van der Waals surface area contributed by atoms with E-state index < -0.39 is 0 Å². The summed E-state index contributed by atoms with van der Waals surface area (Å²) in [5, 5.41) is 0. The van der Waals surface area contributed by atoms with Gasteiger partial charge in [-0.05, 0) is 22.3 Å². The Labute approximate surface area is 107 Å². The maximum absolute atomic E-state index is 4.64. The van der Waals surface area contributed by atoms with Crippen LogP contribution < -0.4 is 0 Å². The number of hydrogen-bond donors (Lipinski definition) is 0. The number of halogens is 2. The van der Waals surface area contributed by atoms with Gasteiger partial charge in [-0.1, -0.05) is 48.5 Å². The normalized spacial score (nSPS) is 9.25. The minimum absolute atomic E-state index is 1.40. The molecular formula is C14H14Cl2. The zero-order chi connectivity index (χ0) is 12.0. The van der Waals surface area contributed by atoms with Crippen molar-refractivity contribution >= 4 is 23.2 Å². The average Bonchev–Trinajstić information content (AvgIpc) is 2.40. The van der Waals surface area contributed by atoms with Crippen molar-refractivity contribution in [2.75, 3.05) is 12.8 Å². The molecule has 2 aromatic rings. The summed E-state index contributed by atoms with van der Waals surface area (Å²) in [6.07, 6.45) is 2.94. The van der Waals surface area contributed by atoms with Gasteiger partial charge in [-0.25, -0.2) is 0 Å². The van der Waals surface area contributed by atoms with E-state index in [2.05, 4.69) is 71.7 Å².